The minimum absolute atomic E-state index is 0.0506. The van der Waals surface area contributed by atoms with E-state index in [1.807, 2.05) is 0 Å². The normalized spacial score (nSPS) is 32.0. The third kappa shape index (κ3) is 3.02. The first kappa shape index (κ1) is 14.3. The highest BCUT2D eigenvalue weighted by Crippen LogP contribution is 2.31. The Morgan fingerprint density at radius 3 is 3.10 bits per heavy atom. The number of amides is 2. The van der Waals surface area contributed by atoms with Crippen LogP contribution in [0.1, 0.15) is 32.6 Å². The Balaban J connectivity index is 1.56. The van der Waals surface area contributed by atoms with Crippen molar-refractivity contribution < 1.29 is 14.4 Å². The fourth-order valence-corrected chi connectivity index (χ4v) is 3.34. The van der Waals surface area contributed by atoms with Gasteiger partial charge in [-0.05, 0) is 25.8 Å². The predicted octanol–water partition coefficient (Wildman–Crippen LogP) is -0.378. The Hall–Kier alpha value is -1.63. The highest BCUT2D eigenvalue weighted by molar-refractivity contribution is 6.39. The van der Waals surface area contributed by atoms with Gasteiger partial charge in [-0.25, -0.2) is 0 Å². The monoisotopic (exact) mass is 294 g/mol. The first-order valence-electron chi connectivity index (χ1n) is 7.60. The number of oxime groups is 1. The van der Waals surface area contributed by atoms with Crippen LogP contribution in [-0.2, 0) is 14.4 Å². The highest BCUT2D eigenvalue weighted by Gasteiger charge is 2.43. The summed E-state index contributed by atoms with van der Waals surface area (Å²) in [6.45, 7) is 4.47. The lowest BCUT2D eigenvalue weighted by atomic mass is 9.89. The van der Waals surface area contributed by atoms with Crippen molar-refractivity contribution in [1.82, 2.24) is 15.5 Å². The van der Waals surface area contributed by atoms with E-state index in [0.29, 0.717) is 25.2 Å². The van der Waals surface area contributed by atoms with Crippen LogP contribution >= 0.6 is 0 Å². The van der Waals surface area contributed by atoms with Gasteiger partial charge in [-0.2, -0.15) is 0 Å². The van der Waals surface area contributed by atoms with Crippen molar-refractivity contribution in [2.45, 2.75) is 44.2 Å². The molecule has 3 aliphatic heterocycles. The molecule has 7 nitrogen and oxygen atoms in total. The summed E-state index contributed by atoms with van der Waals surface area (Å²) in [5.74, 6) is -0.103. The third-order valence-corrected chi connectivity index (χ3v) is 4.40. The van der Waals surface area contributed by atoms with E-state index in [0.717, 1.165) is 32.4 Å². The van der Waals surface area contributed by atoms with Gasteiger partial charge in [-0.3, -0.25) is 9.59 Å². The highest BCUT2D eigenvalue weighted by atomic mass is 16.7. The summed E-state index contributed by atoms with van der Waals surface area (Å²) in [4.78, 5) is 30.9. The zero-order valence-corrected chi connectivity index (χ0v) is 12.4. The number of likely N-dealkylation sites (tertiary alicyclic amines) is 1. The van der Waals surface area contributed by atoms with E-state index < -0.39 is 0 Å². The summed E-state index contributed by atoms with van der Waals surface area (Å²) < 4.78 is 0. The van der Waals surface area contributed by atoms with Crippen molar-refractivity contribution in [2.75, 3.05) is 26.2 Å². The average molecular weight is 294 g/mol. The van der Waals surface area contributed by atoms with Gasteiger partial charge in [0.05, 0.1) is 0 Å². The van der Waals surface area contributed by atoms with Crippen LogP contribution in [0.15, 0.2) is 5.16 Å². The number of carbonyl (C=O) groups is 2. The van der Waals surface area contributed by atoms with E-state index >= 15 is 0 Å². The van der Waals surface area contributed by atoms with E-state index in [2.05, 4.69) is 15.8 Å². The van der Waals surface area contributed by atoms with Gasteiger partial charge in [0.1, 0.15) is 5.71 Å². The van der Waals surface area contributed by atoms with Gasteiger partial charge in [0.2, 0.25) is 5.91 Å². The van der Waals surface area contributed by atoms with E-state index in [1.165, 1.54) is 6.92 Å². The average Bonchev–Trinajstić information content (AvgIpc) is 3.06. The maximum Gasteiger partial charge on any atom is 0.271 e. The van der Waals surface area contributed by atoms with Gasteiger partial charge < -0.3 is 20.4 Å². The van der Waals surface area contributed by atoms with Crippen LogP contribution in [0.3, 0.4) is 0 Å². The molecule has 0 aromatic carbocycles. The predicted molar refractivity (Wildman–Crippen MR) is 76.8 cm³/mol. The first-order chi connectivity index (χ1) is 10.1. The summed E-state index contributed by atoms with van der Waals surface area (Å²) in [5.41, 5.74) is 0.196. The minimum atomic E-state index is -0.319. The molecule has 0 saturated carbocycles. The van der Waals surface area contributed by atoms with E-state index in [-0.39, 0.29) is 23.5 Å². The van der Waals surface area contributed by atoms with Crippen LogP contribution in [0.4, 0.5) is 0 Å². The van der Waals surface area contributed by atoms with E-state index in [9.17, 15) is 9.59 Å². The summed E-state index contributed by atoms with van der Waals surface area (Å²) in [7, 11) is 0. The van der Waals surface area contributed by atoms with Gasteiger partial charge >= 0.3 is 0 Å². The van der Waals surface area contributed by atoms with Gasteiger partial charge in [0, 0.05) is 39.0 Å². The lowest BCUT2D eigenvalue weighted by Crippen LogP contribution is -2.47. The number of nitrogens with one attached hydrogen (secondary N) is 2. The minimum Gasteiger partial charge on any atom is -0.387 e. The molecular weight excluding hydrogens is 272 g/mol. The van der Waals surface area contributed by atoms with Crippen LogP contribution in [0, 0.1) is 0 Å². The molecule has 1 spiro atoms. The smallest absolute Gasteiger partial charge is 0.271 e. The van der Waals surface area contributed by atoms with Crippen molar-refractivity contribution in [2.24, 2.45) is 5.16 Å². The van der Waals surface area contributed by atoms with Crippen LogP contribution in [-0.4, -0.2) is 60.2 Å². The second kappa shape index (κ2) is 5.63. The van der Waals surface area contributed by atoms with Crippen molar-refractivity contribution in [1.29, 1.82) is 0 Å². The van der Waals surface area contributed by atoms with Crippen molar-refractivity contribution >= 4 is 17.5 Å². The number of hydrogen-bond acceptors (Lipinski definition) is 5. The molecule has 2 atom stereocenters. The molecule has 116 valence electrons. The number of piperidine rings is 1. The lowest BCUT2D eigenvalue weighted by molar-refractivity contribution is -0.124. The van der Waals surface area contributed by atoms with Crippen molar-refractivity contribution in [3.8, 4) is 0 Å². The number of hydrogen-bond donors (Lipinski definition) is 2. The molecule has 0 aliphatic carbocycles. The van der Waals surface area contributed by atoms with E-state index in [1.54, 1.807) is 4.90 Å². The van der Waals surface area contributed by atoms with Crippen LogP contribution < -0.4 is 10.6 Å². The van der Waals surface area contributed by atoms with Gasteiger partial charge in [-0.1, -0.05) is 5.16 Å². The molecule has 2 N–H and O–H groups in total. The number of rotatable bonds is 2. The Bertz CT molecular complexity index is 471. The Kier molecular flexibility index (Phi) is 3.84. The lowest BCUT2D eigenvalue weighted by Gasteiger charge is -2.31. The maximum atomic E-state index is 12.5. The zero-order chi connectivity index (χ0) is 14.9. The molecule has 7 heteroatoms. The van der Waals surface area contributed by atoms with Crippen molar-refractivity contribution in [3.63, 3.8) is 0 Å². The van der Waals surface area contributed by atoms with E-state index in [4.69, 9.17) is 4.84 Å². The maximum absolute atomic E-state index is 12.5. The zero-order valence-electron chi connectivity index (χ0n) is 12.4. The molecule has 2 saturated heterocycles. The molecule has 0 bridgehead atoms. The molecule has 0 aromatic heterocycles. The summed E-state index contributed by atoms with van der Waals surface area (Å²) in [6, 6.07) is 0.0553. The quantitative estimate of drug-likeness (QED) is 0.727. The van der Waals surface area contributed by atoms with Crippen LogP contribution in [0.25, 0.3) is 0 Å². The van der Waals surface area contributed by atoms with Gasteiger partial charge in [0.25, 0.3) is 5.91 Å². The Morgan fingerprint density at radius 2 is 2.38 bits per heavy atom. The largest absolute Gasteiger partial charge is 0.387 e. The SMILES string of the molecule is CC(=O)N[C@H]1CCN(C(=O)C2=NO[C@@]3(CCCNC3)C2)C1. The third-order valence-electron chi connectivity index (χ3n) is 4.40. The number of carbonyl (C=O) groups excluding carboxylic acids is 2. The standard InChI is InChI=1S/C14H22N4O3/c1-10(19)16-11-3-6-18(8-11)13(20)12-7-14(21-17-12)4-2-5-15-9-14/h11,15H,2-9H2,1H3,(H,16,19)/t11-,14-/m0/s1. The summed E-state index contributed by atoms with van der Waals surface area (Å²) in [5, 5.41) is 10.2. The molecule has 2 amide bonds. The molecule has 3 rings (SSSR count). The molecule has 0 radical (unpaired) electrons. The fraction of sp³-hybridized carbons (Fsp3) is 0.786. The number of nitrogens with zero attached hydrogens (tertiary/aromatic N) is 2. The van der Waals surface area contributed by atoms with Crippen LogP contribution in [0.5, 0.6) is 0 Å². The fourth-order valence-electron chi connectivity index (χ4n) is 3.34. The molecule has 3 heterocycles. The summed E-state index contributed by atoms with van der Waals surface area (Å²) in [6.07, 6.45) is 3.37. The Labute approximate surface area is 124 Å². The topological polar surface area (TPSA) is 83.0 Å². The second-order valence-electron chi connectivity index (χ2n) is 6.21. The van der Waals surface area contributed by atoms with Gasteiger partial charge in [-0.15, -0.1) is 0 Å². The first-order valence-corrected chi connectivity index (χ1v) is 7.60. The summed E-state index contributed by atoms with van der Waals surface area (Å²) >= 11 is 0. The molecule has 3 aliphatic rings. The Morgan fingerprint density at radius 1 is 1.52 bits per heavy atom. The molecule has 0 aromatic rings. The second-order valence-corrected chi connectivity index (χ2v) is 6.21. The molecular formula is C14H22N4O3. The molecule has 21 heavy (non-hydrogen) atoms. The molecule has 2 fully saturated rings. The van der Waals surface area contributed by atoms with Gasteiger partial charge in [0.15, 0.2) is 5.60 Å². The molecule has 0 unspecified atom stereocenters. The van der Waals surface area contributed by atoms with Crippen LogP contribution in [0.2, 0.25) is 0 Å². The van der Waals surface area contributed by atoms with Crippen molar-refractivity contribution in [3.05, 3.63) is 0 Å².